The predicted octanol–water partition coefficient (Wildman–Crippen LogP) is 3.33. The van der Waals surface area contributed by atoms with E-state index in [9.17, 15) is 0 Å². The molecule has 1 aromatic heterocycles. The van der Waals surface area contributed by atoms with Crippen molar-refractivity contribution >= 4 is 27.3 Å². The number of nitrogens with one attached hydrogen (secondary N) is 1. The van der Waals surface area contributed by atoms with Gasteiger partial charge >= 0.3 is 0 Å². The lowest BCUT2D eigenvalue weighted by molar-refractivity contribution is -0.0754. The van der Waals surface area contributed by atoms with Crippen molar-refractivity contribution in [1.82, 2.24) is 5.48 Å². The number of hydroxylamine groups is 1. The smallest absolute Gasteiger partial charge is 0.0813 e. The maximum Gasteiger partial charge on any atom is 0.0813 e. The molecular formula is C9H14BrNOS. The van der Waals surface area contributed by atoms with Gasteiger partial charge in [0.2, 0.25) is 0 Å². The van der Waals surface area contributed by atoms with Gasteiger partial charge in [-0.05, 0) is 48.8 Å². The third-order valence-electron chi connectivity index (χ3n) is 1.25. The number of halogens is 1. The van der Waals surface area contributed by atoms with E-state index in [4.69, 9.17) is 4.84 Å². The normalized spacial score (nSPS) is 12.0. The summed E-state index contributed by atoms with van der Waals surface area (Å²) in [6.07, 6.45) is 0. The summed E-state index contributed by atoms with van der Waals surface area (Å²) >= 11 is 5.13. The molecule has 0 amide bonds. The highest BCUT2D eigenvalue weighted by atomic mass is 79.9. The van der Waals surface area contributed by atoms with Crippen LogP contribution in [0.1, 0.15) is 25.6 Å². The molecule has 0 unspecified atom stereocenters. The molecule has 0 atom stereocenters. The van der Waals surface area contributed by atoms with Crippen LogP contribution in [0, 0.1) is 0 Å². The van der Waals surface area contributed by atoms with Crippen molar-refractivity contribution < 1.29 is 4.84 Å². The van der Waals surface area contributed by atoms with Gasteiger partial charge in [-0.25, -0.2) is 0 Å². The monoisotopic (exact) mass is 263 g/mol. The van der Waals surface area contributed by atoms with Gasteiger partial charge in [-0.1, -0.05) is 0 Å². The molecule has 0 aliphatic heterocycles. The zero-order valence-corrected chi connectivity index (χ0v) is 10.5. The summed E-state index contributed by atoms with van der Waals surface area (Å²) in [6.45, 7) is 6.81. The molecule has 1 heterocycles. The van der Waals surface area contributed by atoms with E-state index in [0.29, 0.717) is 0 Å². The maximum absolute atomic E-state index is 5.38. The fourth-order valence-corrected chi connectivity index (χ4v) is 2.18. The first-order valence-electron chi connectivity index (χ1n) is 4.12. The van der Waals surface area contributed by atoms with Crippen molar-refractivity contribution in [3.63, 3.8) is 0 Å². The highest BCUT2D eigenvalue weighted by molar-refractivity contribution is 9.11. The van der Waals surface area contributed by atoms with E-state index in [1.807, 2.05) is 26.8 Å². The van der Waals surface area contributed by atoms with Crippen molar-refractivity contribution in [3.05, 3.63) is 20.8 Å². The molecule has 0 bridgehead atoms. The number of rotatable bonds is 3. The van der Waals surface area contributed by atoms with Crippen molar-refractivity contribution in [3.8, 4) is 0 Å². The number of thiophene rings is 1. The first-order valence-corrected chi connectivity index (χ1v) is 5.73. The Morgan fingerprint density at radius 3 is 2.62 bits per heavy atom. The molecule has 0 radical (unpaired) electrons. The Kier molecular flexibility index (Phi) is 3.91. The minimum absolute atomic E-state index is 0.130. The Labute approximate surface area is 91.4 Å². The summed E-state index contributed by atoms with van der Waals surface area (Å²) in [6, 6.07) is 4.12. The topological polar surface area (TPSA) is 21.3 Å². The summed E-state index contributed by atoms with van der Waals surface area (Å²) in [7, 11) is 0. The van der Waals surface area contributed by atoms with E-state index in [1.165, 1.54) is 4.88 Å². The minimum Gasteiger partial charge on any atom is -0.296 e. The van der Waals surface area contributed by atoms with Gasteiger partial charge in [0.05, 0.1) is 15.9 Å². The van der Waals surface area contributed by atoms with E-state index in [-0.39, 0.29) is 5.60 Å². The van der Waals surface area contributed by atoms with Gasteiger partial charge in [-0.2, -0.15) is 5.48 Å². The zero-order chi connectivity index (χ0) is 9.90. The first kappa shape index (κ1) is 11.2. The molecule has 4 heteroatoms. The summed E-state index contributed by atoms with van der Waals surface area (Å²) in [5.41, 5.74) is 2.81. The zero-order valence-electron chi connectivity index (χ0n) is 8.06. The molecule has 1 rings (SSSR count). The van der Waals surface area contributed by atoms with Gasteiger partial charge in [0.1, 0.15) is 0 Å². The minimum atomic E-state index is -0.130. The second-order valence-corrected chi connectivity index (χ2v) is 6.29. The number of hydrogen-bond donors (Lipinski definition) is 1. The summed E-state index contributed by atoms with van der Waals surface area (Å²) in [4.78, 5) is 6.64. The molecule has 0 aromatic carbocycles. The number of hydrogen-bond acceptors (Lipinski definition) is 3. The highest BCUT2D eigenvalue weighted by Crippen LogP contribution is 2.21. The van der Waals surface area contributed by atoms with Crippen LogP contribution in [0.2, 0.25) is 0 Å². The molecule has 0 aliphatic carbocycles. The molecule has 0 fully saturated rings. The van der Waals surface area contributed by atoms with Crippen molar-refractivity contribution in [2.24, 2.45) is 0 Å². The molecule has 2 nitrogen and oxygen atoms in total. The molecule has 0 saturated heterocycles. The summed E-state index contributed by atoms with van der Waals surface area (Å²) in [5.74, 6) is 0. The predicted molar refractivity (Wildman–Crippen MR) is 59.7 cm³/mol. The molecule has 0 saturated carbocycles. The van der Waals surface area contributed by atoms with Crippen molar-refractivity contribution in [1.29, 1.82) is 0 Å². The molecule has 13 heavy (non-hydrogen) atoms. The Balaban J connectivity index is 2.28. The second-order valence-electron chi connectivity index (χ2n) is 3.74. The molecule has 0 aliphatic rings. The Bertz CT molecular complexity index is 267. The van der Waals surface area contributed by atoms with Crippen LogP contribution in [0.5, 0.6) is 0 Å². The second kappa shape index (κ2) is 4.55. The van der Waals surface area contributed by atoms with Crippen molar-refractivity contribution in [2.75, 3.05) is 0 Å². The van der Waals surface area contributed by atoms with Crippen LogP contribution in [0.25, 0.3) is 0 Å². The van der Waals surface area contributed by atoms with Crippen LogP contribution >= 0.6 is 27.3 Å². The molecular weight excluding hydrogens is 250 g/mol. The Morgan fingerprint density at radius 2 is 2.15 bits per heavy atom. The van der Waals surface area contributed by atoms with Gasteiger partial charge in [0, 0.05) is 4.88 Å². The molecule has 0 spiro atoms. The average molecular weight is 264 g/mol. The van der Waals surface area contributed by atoms with E-state index in [2.05, 4.69) is 27.5 Å². The first-order chi connectivity index (χ1) is 5.97. The van der Waals surface area contributed by atoms with Crippen LogP contribution < -0.4 is 5.48 Å². The van der Waals surface area contributed by atoms with E-state index in [1.54, 1.807) is 11.3 Å². The highest BCUT2D eigenvalue weighted by Gasteiger charge is 2.09. The lowest BCUT2D eigenvalue weighted by atomic mass is 10.2. The lowest BCUT2D eigenvalue weighted by Gasteiger charge is -2.18. The van der Waals surface area contributed by atoms with Crippen LogP contribution in [-0.4, -0.2) is 5.60 Å². The fraction of sp³-hybridized carbons (Fsp3) is 0.556. The molecule has 1 aromatic rings. The van der Waals surface area contributed by atoms with E-state index >= 15 is 0 Å². The maximum atomic E-state index is 5.38. The summed E-state index contributed by atoms with van der Waals surface area (Å²) < 4.78 is 1.15. The van der Waals surface area contributed by atoms with E-state index < -0.39 is 0 Å². The molecule has 1 N–H and O–H groups in total. The lowest BCUT2D eigenvalue weighted by Crippen LogP contribution is -2.28. The van der Waals surface area contributed by atoms with Crippen molar-refractivity contribution in [2.45, 2.75) is 32.9 Å². The largest absolute Gasteiger partial charge is 0.296 e. The van der Waals surface area contributed by atoms with Gasteiger partial charge in [0.15, 0.2) is 0 Å². The van der Waals surface area contributed by atoms with Crippen LogP contribution in [0.15, 0.2) is 15.9 Å². The van der Waals surface area contributed by atoms with E-state index in [0.717, 1.165) is 10.3 Å². The molecule has 74 valence electrons. The quantitative estimate of drug-likeness (QED) is 0.845. The standard InChI is InChI=1S/C9H14BrNOS/c1-9(2,3)12-11-6-7-4-5-8(10)13-7/h4-5,11H,6H2,1-3H3. The third-order valence-corrected chi connectivity index (χ3v) is 2.88. The van der Waals surface area contributed by atoms with Crippen LogP contribution in [-0.2, 0) is 11.4 Å². The van der Waals surface area contributed by atoms with Gasteiger partial charge in [-0.3, -0.25) is 4.84 Å². The van der Waals surface area contributed by atoms with Gasteiger partial charge < -0.3 is 0 Å². The third kappa shape index (κ3) is 4.76. The fourth-order valence-electron chi connectivity index (χ4n) is 0.770. The Hall–Kier alpha value is 0.1000. The summed E-state index contributed by atoms with van der Waals surface area (Å²) in [5, 5.41) is 0. The Morgan fingerprint density at radius 1 is 1.46 bits per heavy atom. The average Bonchev–Trinajstić information content (AvgIpc) is 2.33. The van der Waals surface area contributed by atoms with Gasteiger partial charge in [-0.15, -0.1) is 11.3 Å². The van der Waals surface area contributed by atoms with Crippen LogP contribution in [0.3, 0.4) is 0 Å². The van der Waals surface area contributed by atoms with Gasteiger partial charge in [0.25, 0.3) is 0 Å². The SMILES string of the molecule is CC(C)(C)ONCc1ccc(Br)s1. The van der Waals surface area contributed by atoms with Crippen LogP contribution in [0.4, 0.5) is 0 Å².